The molecular formula is C17H35N3O2. The number of hydrogen-bond acceptors (Lipinski definition) is 4. The lowest BCUT2D eigenvalue weighted by Gasteiger charge is -2.34. The van der Waals surface area contributed by atoms with Gasteiger partial charge in [-0.15, -0.1) is 0 Å². The van der Waals surface area contributed by atoms with Crippen molar-refractivity contribution in [1.82, 2.24) is 15.1 Å². The van der Waals surface area contributed by atoms with Crippen molar-refractivity contribution in [3.8, 4) is 0 Å². The minimum atomic E-state index is -0.408. The van der Waals surface area contributed by atoms with Gasteiger partial charge in [-0.1, -0.05) is 13.8 Å². The Labute approximate surface area is 136 Å². The summed E-state index contributed by atoms with van der Waals surface area (Å²) in [5.74, 6) is 0. The Balaban J connectivity index is 2.21. The third-order valence-electron chi connectivity index (χ3n) is 3.99. The zero-order chi connectivity index (χ0) is 16.6. The van der Waals surface area contributed by atoms with E-state index in [1.165, 1.54) is 13.0 Å². The molecule has 0 saturated carbocycles. The Kier molecular flexibility index (Phi) is 8.18. The molecular weight excluding hydrogens is 278 g/mol. The minimum absolute atomic E-state index is 0.175. The normalized spacial score (nSPS) is 17.1. The van der Waals surface area contributed by atoms with Gasteiger partial charge in [-0.25, -0.2) is 4.79 Å². The highest BCUT2D eigenvalue weighted by atomic mass is 16.6. The van der Waals surface area contributed by atoms with Crippen LogP contribution in [0.25, 0.3) is 0 Å². The third-order valence-corrected chi connectivity index (χ3v) is 3.99. The summed E-state index contributed by atoms with van der Waals surface area (Å²) in [6, 6.07) is 0.527. The minimum Gasteiger partial charge on any atom is -0.444 e. The molecule has 0 aromatic heterocycles. The van der Waals surface area contributed by atoms with Crippen molar-refractivity contribution in [1.29, 1.82) is 0 Å². The fourth-order valence-electron chi connectivity index (χ4n) is 2.76. The predicted octanol–water partition coefficient (Wildman–Crippen LogP) is 2.71. The van der Waals surface area contributed by atoms with Crippen molar-refractivity contribution in [3.63, 3.8) is 0 Å². The van der Waals surface area contributed by atoms with Crippen LogP contribution >= 0.6 is 0 Å². The Bertz CT molecular complexity index is 320. The highest BCUT2D eigenvalue weighted by molar-refractivity contribution is 5.68. The van der Waals surface area contributed by atoms with Crippen molar-refractivity contribution in [2.24, 2.45) is 0 Å². The van der Waals surface area contributed by atoms with Crippen molar-refractivity contribution < 1.29 is 9.53 Å². The summed E-state index contributed by atoms with van der Waals surface area (Å²) in [7, 11) is 0. The van der Waals surface area contributed by atoms with Crippen LogP contribution in [0.3, 0.4) is 0 Å². The Morgan fingerprint density at radius 2 is 1.86 bits per heavy atom. The second-order valence-electron chi connectivity index (χ2n) is 7.13. The molecule has 0 aromatic rings. The van der Waals surface area contributed by atoms with Crippen LogP contribution < -0.4 is 5.32 Å². The Hall–Kier alpha value is -0.810. The number of amides is 1. The number of carbonyl (C=O) groups excluding carboxylic acids is 1. The van der Waals surface area contributed by atoms with Crippen molar-refractivity contribution in [2.75, 3.05) is 39.3 Å². The van der Waals surface area contributed by atoms with Gasteiger partial charge in [-0.3, -0.25) is 0 Å². The number of nitrogens with zero attached hydrogens (tertiary/aromatic N) is 2. The van der Waals surface area contributed by atoms with Crippen molar-refractivity contribution in [2.45, 2.75) is 65.5 Å². The van der Waals surface area contributed by atoms with Crippen LogP contribution in [0.2, 0.25) is 0 Å². The van der Waals surface area contributed by atoms with Crippen LogP contribution in [-0.4, -0.2) is 66.8 Å². The molecule has 1 aliphatic heterocycles. The molecule has 1 aliphatic rings. The van der Waals surface area contributed by atoms with Gasteiger partial charge in [0, 0.05) is 32.2 Å². The number of ether oxygens (including phenoxy) is 1. The molecule has 1 amide bonds. The quantitative estimate of drug-likeness (QED) is 0.785. The summed E-state index contributed by atoms with van der Waals surface area (Å²) in [4.78, 5) is 16.3. The average Bonchev–Trinajstić information content (AvgIpc) is 2.45. The summed E-state index contributed by atoms with van der Waals surface area (Å²) in [5.41, 5.74) is -0.408. The number of likely N-dealkylation sites (tertiary alicyclic amines) is 1. The molecule has 130 valence electrons. The fraction of sp³-hybridized carbons (Fsp3) is 0.941. The van der Waals surface area contributed by atoms with E-state index in [0.717, 1.165) is 45.6 Å². The van der Waals surface area contributed by atoms with Gasteiger partial charge in [0.05, 0.1) is 0 Å². The van der Waals surface area contributed by atoms with Gasteiger partial charge in [-0.05, 0) is 53.1 Å². The molecule has 1 saturated heterocycles. The summed E-state index contributed by atoms with van der Waals surface area (Å²) in [6.07, 6.45) is 3.06. The summed E-state index contributed by atoms with van der Waals surface area (Å²) in [5, 5.41) is 3.63. The number of nitrogens with one attached hydrogen (secondary N) is 1. The lowest BCUT2D eigenvalue weighted by molar-refractivity contribution is 0.0198. The number of hydrogen-bond donors (Lipinski definition) is 1. The SMILES string of the molecule is CCCN(CC)CCNC1CCN(C(=O)OC(C)(C)C)CC1. The molecule has 0 aromatic carbocycles. The van der Waals surface area contributed by atoms with Gasteiger partial charge in [0.15, 0.2) is 0 Å². The first-order chi connectivity index (χ1) is 10.4. The molecule has 1 N–H and O–H groups in total. The molecule has 22 heavy (non-hydrogen) atoms. The number of piperidine rings is 1. The van der Waals surface area contributed by atoms with Gasteiger partial charge < -0.3 is 19.9 Å². The molecule has 0 bridgehead atoms. The van der Waals surface area contributed by atoms with Crippen LogP contribution in [0.5, 0.6) is 0 Å². The van der Waals surface area contributed by atoms with E-state index >= 15 is 0 Å². The zero-order valence-corrected chi connectivity index (χ0v) is 15.2. The van der Waals surface area contributed by atoms with E-state index < -0.39 is 5.60 Å². The van der Waals surface area contributed by atoms with Crippen LogP contribution in [0, 0.1) is 0 Å². The smallest absolute Gasteiger partial charge is 0.410 e. The predicted molar refractivity (Wildman–Crippen MR) is 91.2 cm³/mol. The fourth-order valence-corrected chi connectivity index (χ4v) is 2.76. The van der Waals surface area contributed by atoms with Gasteiger partial charge in [-0.2, -0.15) is 0 Å². The second kappa shape index (κ2) is 9.36. The standard InChI is InChI=1S/C17H35N3O2/c1-6-11-19(7-2)14-10-18-15-8-12-20(13-9-15)16(21)22-17(3,4)5/h15,18H,6-14H2,1-5H3. The van der Waals surface area contributed by atoms with Gasteiger partial charge in [0.1, 0.15) is 5.60 Å². The van der Waals surface area contributed by atoms with Crippen molar-refractivity contribution >= 4 is 6.09 Å². The first-order valence-electron chi connectivity index (χ1n) is 8.79. The molecule has 1 heterocycles. The molecule has 0 radical (unpaired) electrons. The van der Waals surface area contributed by atoms with E-state index in [4.69, 9.17) is 4.74 Å². The van der Waals surface area contributed by atoms with Gasteiger partial charge in [0.25, 0.3) is 0 Å². The van der Waals surface area contributed by atoms with E-state index in [2.05, 4.69) is 24.1 Å². The first kappa shape index (κ1) is 19.2. The maximum atomic E-state index is 12.0. The van der Waals surface area contributed by atoms with E-state index in [0.29, 0.717) is 6.04 Å². The van der Waals surface area contributed by atoms with Gasteiger partial charge in [0.2, 0.25) is 0 Å². The molecule has 0 unspecified atom stereocenters. The number of likely N-dealkylation sites (N-methyl/N-ethyl adjacent to an activating group) is 1. The lowest BCUT2D eigenvalue weighted by atomic mass is 10.1. The largest absolute Gasteiger partial charge is 0.444 e. The first-order valence-corrected chi connectivity index (χ1v) is 8.79. The highest BCUT2D eigenvalue weighted by Crippen LogP contribution is 2.15. The van der Waals surface area contributed by atoms with E-state index in [1.54, 1.807) is 0 Å². The molecule has 1 rings (SSSR count). The highest BCUT2D eigenvalue weighted by Gasteiger charge is 2.26. The van der Waals surface area contributed by atoms with Crippen LogP contribution in [-0.2, 0) is 4.74 Å². The van der Waals surface area contributed by atoms with Crippen LogP contribution in [0.15, 0.2) is 0 Å². The second-order valence-corrected chi connectivity index (χ2v) is 7.13. The van der Waals surface area contributed by atoms with Crippen LogP contribution in [0.4, 0.5) is 4.79 Å². The molecule has 0 atom stereocenters. The summed E-state index contributed by atoms with van der Waals surface area (Å²) < 4.78 is 5.43. The van der Waals surface area contributed by atoms with E-state index in [9.17, 15) is 4.79 Å². The Morgan fingerprint density at radius 3 is 2.36 bits per heavy atom. The molecule has 5 heteroatoms. The third kappa shape index (κ3) is 7.45. The monoisotopic (exact) mass is 313 g/mol. The molecule has 0 spiro atoms. The number of carbonyl (C=O) groups is 1. The zero-order valence-electron chi connectivity index (χ0n) is 15.2. The molecule has 0 aliphatic carbocycles. The molecule has 1 fully saturated rings. The van der Waals surface area contributed by atoms with Gasteiger partial charge >= 0.3 is 6.09 Å². The summed E-state index contributed by atoms with van der Waals surface area (Å²) in [6.45, 7) is 16.2. The maximum Gasteiger partial charge on any atom is 0.410 e. The van der Waals surface area contributed by atoms with E-state index in [1.807, 2.05) is 25.7 Å². The van der Waals surface area contributed by atoms with Crippen LogP contribution in [0.1, 0.15) is 53.9 Å². The van der Waals surface area contributed by atoms with Crippen molar-refractivity contribution in [3.05, 3.63) is 0 Å². The summed E-state index contributed by atoms with van der Waals surface area (Å²) >= 11 is 0. The lowest BCUT2D eigenvalue weighted by Crippen LogP contribution is -2.47. The molecule has 5 nitrogen and oxygen atoms in total. The van der Waals surface area contributed by atoms with E-state index in [-0.39, 0.29) is 6.09 Å². The Morgan fingerprint density at radius 1 is 1.23 bits per heavy atom. The average molecular weight is 313 g/mol. The maximum absolute atomic E-state index is 12.0. The topological polar surface area (TPSA) is 44.8 Å². The number of rotatable bonds is 7.